The lowest BCUT2D eigenvalue weighted by Crippen LogP contribution is -2.54. The Kier molecular flexibility index (Phi) is 26.0. The van der Waals surface area contributed by atoms with Crippen LogP contribution in [0.1, 0.15) is 91.7 Å². The highest BCUT2D eigenvalue weighted by molar-refractivity contribution is 5.88. The van der Waals surface area contributed by atoms with Crippen LogP contribution in [0, 0.1) is 17.8 Å². The van der Waals surface area contributed by atoms with Crippen molar-refractivity contribution in [1.82, 2.24) is 25.3 Å². The summed E-state index contributed by atoms with van der Waals surface area (Å²) in [5.41, 5.74) is 8.45. The van der Waals surface area contributed by atoms with Gasteiger partial charge in [0, 0.05) is 52.4 Å². The maximum Gasteiger partial charge on any atom is 0.326 e. The van der Waals surface area contributed by atoms with E-state index in [9.17, 15) is 29.1 Å². The Morgan fingerprint density at radius 1 is 0.951 bits per heavy atom. The van der Waals surface area contributed by atoms with Crippen molar-refractivity contribution in [2.24, 2.45) is 17.8 Å². The Labute approximate surface area is 366 Å². The summed E-state index contributed by atoms with van der Waals surface area (Å²) in [6.45, 7) is 15.5. The number of nitrogens with zero attached hydrogens (tertiary/aromatic N) is 3. The third-order valence-electron chi connectivity index (χ3n) is 11.3. The van der Waals surface area contributed by atoms with Gasteiger partial charge in [-0.2, -0.15) is 0 Å². The highest BCUT2D eigenvalue weighted by Gasteiger charge is 2.37. The number of nitrogens with two attached hydrogens (primary N) is 1. The Morgan fingerprint density at radius 3 is 2.07 bits per heavy atom. The summed E-state index contributed by atoms with van der Waals surface area (Å²) in [5.74, 6) is -1.98. The number of rotatable bonds is 22. The van der Waals surface area contributed by atoms with Crippen molar-refractivity contribution in [3.05, 3.63) is 65.7 Å². The van der Waals surface area contributed by atoms with Gasteiger partial charge in [0.2, 0.25) is 17.7 Å². The van der Waals surface area contributed by atoms with E-state index in [1.54, 1.807) is 33.1 Å². The number of carbonyl (C=O) groups excluding carboxylic acids is 4. The number of nitrogens with one attached hydrogen (secondary N) is 2. The quantitative estimate of drug-likeness (QED) is 0.0894. The van der Waals surface area contributed by atoms with Gasteiger partial charge in [-0.05, 0) is 68.6 Å². The molecule has 8 atom stereocenters. The zero-order chi connectivity index (χ0) is 46.2. The van der Waals surface area contributed by atoms with Gasteiger partial charge >= 0.3 is 5.97 Å². The van der Waals surface area contributed by atoms with Crippen LogP contribution in [0.15, 0.2) is 54.6 Å². The number of aldehydes is 1. The van der Waals surface area contributed by atoms with E-state index in [4.69, 9.17) is 15.2 Å². The predicted molar refractivity (Wildman–Crippen MR) is 243 cm³/mol. The highest BCUT2D eigenvalue weighted by atomic mass is 16.5. The summed E-state index contributed by atoms with van der Waals surface area (Å²) in [5, 5.41) is 15.0. The number of nitrogen functional groups attached to an aromatic ring is 1. The number of amides is 3. The first-order chi connectivity index (χ1) is 28.9. The smallest absolute Gasteiger partial charge is 0.326 e. The topological polar surface area (TPSA) is 184 Å². The van der Waals surface area contributed by atoms with Gasteiger partial charge in [-0.3, -0.25) is 19.3 Å². The Bertz CT molecular complexity index is 1600. The molecule has 14 heteroatoms. The summed E-state index contributed by atoms with van der Waals surface area (Å²) in [6.07, 6.45) is 4.79. The second-order valence-corrected chi connectivity index (χ2v) is 16.6. The molecule has 0 saturated carbocycles. The monoisotopic (exact) mass is 855 g/mol. The fraction of sp³-hybridized carbons (Fsp3) is 0.638. The maximum absolute atomic E-state index is 13.0. The third kappa shape index (κ3) is 18.3. The molecule has 0 aliphatic carbocycles. The number of ether oxygens (including phenoxy) is 2. The molecular weight excluding hydrogens is 777 g/mol. The number of likely N-dealkylation sites (tertiary alicyclic amines) is 1. The van der Waals surface area contributed by atoms with Gasteiger partial charge in [-0.25, -0.2) is 4.79 Å². The molecule has 2 aromatic carbocycles. The van der Waals surface area contributed by atoms with Crippen molar-refractivity contribution in [2.75, 3.05) is 54.2 Å². The summed E-state index contributed by atoms with van der Waals surface area (Å²) in [7, 11) is 8.78. The predicted octanol–water partition coefficient (Wildman–Crippen LogP) is 5.28. The number of methoxy groups -OCH3 is 2. The van der Waals surface area contributed by atoms with Gasteiger partial charge in [-0.1, -0.05) is 104 Å². The molecule has 0 spiro atoms. The number of anilines is 1. The average Bonchev–Trinajstić information content (AvgIpc) is 3.64. The number of hydrogen-bond acceptors (Lipinski definition) is 10. The molecule has 344 valence electrons. The molecule has 1 saturated heterocycles. The van der Waals surface area contributed by atoms with E-state index >= 15 is 0 Å². The van der Waals surface area contributed by atoms with Crippen molar-refractivity contribution in [1.29, 1.82) is 0 Å². The molecule has 1 heterocycles. The van der Waals surface area contributed by atoms with E-state index in [1.807, 2.05) is 101 Å². The first kappa shape index (κ1) is 54.6. The SMILES string of the molecule is CCC.CCC(C)C(C(CC=O)OC)N(C)C(=O)CNC(=O)C(C(C)C)N(C)Cc1cccc(N)c1.COC(C(C)C(=O)NC(Cc1ccccc1)C(=O)O)C1CCCN1C. The second kappa shape index (κ2) is 29.0. The van der Waals surface area contributed by atoms with Gasteiger partial charge < -0.3 is 45.5 Å². The Balaban J connectivity index is 0.000000590. The Hall–Kier alpha value is -4.37. The molecule has 1 aliphatic rings. The molecule has 0 aromatic heterocycles. The molecule has 3 amide bonds. The van der Waals surface area contributed by atoms with Crippen LogP contribution in [0.4, 0.5) is 5.69 Å². The van der Waals surface area contributed by atoms with Gasteiger partial charge in [0.15, 0.2) is 0 Å². The van der Waals surface area contributed by atoms with Crippen LogP contribution in [0.5, 0.6) is 0 Å². The van der Waals surface area contributed by atoms with Crippen LogP contribution in [0.2, 0.25) is 0 Å². The molecule has 5 N–H and O–H groups in total. The van der Waals surface area contributed by atoms with E-state index in [0.29, 0.717) is 12.2 Å². The maximum atomic E-state index is 13.0. The number of carbonyl (C=O) groups is 5. The summed E-state index contributed by atoms with van der Waals surface area (Å²) < 4.78 is 11.1. The first-order valence-corrected chi connectivity index (χ1v) is 21.8. The number of aliphatic carboxylic acids is 1. The standard InChI is InChI=1S/C25H42N4O4.C19H28N2O4.C3H8/c1-8-18(4)24(21(33-7)12-13-30)29(6)22(31)15-27-25(32)23(17(2)3)28(5)16-19-10-9-11-20(26)14-19;1-13(17(25-3)16-10-7-11-21(16)2)18(22)20-15(19(23)24)12-14-8-5-4-6-9-14;1-3-2/h9-11,13-14,17-18,21,23-24H,8,12,15-16,26H2,1-7H3,(H,27,32);4-6,8-9,13,15-17H,7,10-12H2,1-3H3,(H,20,22)(H,23,24);3H2,1-2H3. The summed E-state index contributed by atoms with van der Waals surface area (Å²) in [4.78, 5) is 67.1. The minimum Gasteiger partial charge on any atom is -0.480 e. The second-order valence-electron chi connectivity index (χ2n) is 16.6. The van der Waals surface area contributed by atoms with Gasteiger partial charge in [0.1, 0.15) is 12.3 Å². The van der Waals surface area contributed by atoms with Gasteiger partial charge in [0.05, 0.1) is 36.8 Å². The van der Waals surface area contributed by atoms with Crippen molar-refractivity contribution in [3.8, 4) is 0 Å². The van der Waals surface area contributed by atoms with Crippen LogP contribution >= 0.6 is 0 Å². The normalized spacial score (nSPS) is 17.2. The number of benzene rings is 2. The average molecular weight is 855 g/mol. The van der Waals surface area contributed by atoms with E-state index in [0.717, 1.165) is 43.2 Å². The molecular formula is C47H78N6O8. The van der Waals surface area contributed by atoms with E-state index in [1.165, 1.54) is 6.42 Å². The molecule has 2 aromatic rings. The van der Waals surface area contributed by atoms with Crippen LogP contribution in [-0.2, 0) is 46.4 Å². The van der Waals surface area contributed by atoms with Crippen molar-refractivity contribution in [2.45, 2.75) is 130 Å². The minimum absolute atomic E-state index is 0.0437. The molecule has 14 nitrogen and oxygen atoms in total. The van der Waals surface area contributed by atoms with Crippen LogP contribution in [-0.4, -0.2) is 135 Å². The third-order valence-corrected chi connectivity index (χ3v) is 11.3. The number of carboxylic acids is 1. The number of likely N-dealkylation sites (N-methyl/N-ethyl adjacent to an activating group) is 3. The molecule has 1 fully saturated rings. The molecule has 1 aliphatic heterocycles. The van der Waals surface area contributed by atoms with Crippen LogP contribution < -0.4 is 16.4 Å². The van der Waals surface area contributed by atoms with Crippen LogP contribution in [0.3, 0.4) is 0 Å². The lowest BCUT2D eigenvalue weighted by atomic mass is 9.91. The van der Waals surface area contributed by atoms with E-state index in [-0.39, 0.29) is 67.1 Å². The fourth-order valence-corrected chi connectivity index (χ4v) is 7.90. The minimum atomic E-state index is -1.03. The Morgan fingerprint density at radius 2 is 1.57 bits per heavy atom. The summed E-state index contributed by atoms with van der Waals surface area (Å²) in [6, 6.07) is 15.5. The number of hydrogen-bond donors (Lipinski definition) is 4. The van der Waals surface area contributed by atoms with Crippen LogP contribution in [0.25, 0.3) is 0 Å². The number of carboxylic acid groups (broad SMARTS) is 1. The molecule has 8 unspecified atom stereocenters. The first-order valence-electron chi connectivity index (χ1n) is 21.8. The largest absolute Gasteiger partial charge is 0.480 e. The molecule has 61 heavy (non-hydrogen) atoms. The van der Waals surface area contributed by atoms with E-state index < -0.39 is 30.1 Å². The molecule has 0 radical (unpaired) electrons. The highest BCUT2D eigenvalue weighted by Crippen LogP contribution is 2.25. The zero-order valence-corrected chi connectivity index (χ0v) is 39.1. The van der Waals surface area contributed by atoms with Crippen molar-refractivity contribution >= 4 is 35.7 Å². The zero-order valence-electron chi connectivity index (χ0n) is 39.1. The van der Waals surface area contributed by atoms with Crippen molar-refractivity contribution < 1.29 is 38.6 Å². The van der Waals surface area contributed by atoms with Gasteiger partial charge in [0.25, 0.3) is 0 Å². The lowest BCUT2D eigenvalue weighted by Gasteiger charge is -2.37. The van der Waals surface area contributed by atoms with Crippen molar-refractivity contribution in [3.63, 3.8) is 0 Å². The molecule has 0 bridgehead atoms. The molecule has 3 rings (SSSR count). The fourth-order valence-electron chi connectivity index (χ4n) is 7.90. The van der Waals surface area contributed by atoms with E-state index in [2.05, 4.69) is 29.4 Å². The lowest BCUT2D eigenvalue weighted by molar-refractivity contribution is -0.143. The van der Waals surface area contributed by atoms with Gasteiger partial charge in [-0.15, -0.1) is 0 Å². The summed E-state index contributed by atoms with van der Waals surface area (Å²) >= 11 is 0.